The van der Waals surface area contributed by atoms with Gasteiger partial charge < -0.3 is 15.0 Å². The van der Waals surface area contributed by atoms with E-state index < -0.39 is 28.5 Å². The van der Waals surface area contributed by atoms with Gasteiger partial charge in [-0.1, -0.05) is 30.3 Å². The number of aromatic amines is 1. The molecule has 0 unspecified atom stereocenters. The van der Waals surface area contributed by atoms with Gasteiger partial charge in [0.15, 0.2) is 6.61 Å². The summed E-state index contributed by atoms with van der Waals surface area (Å²) in [6.45, 7) is -0.526. The van der Waals surface area contributed by atoms with Crippen molar-refractivity contribution in [3.63, 3.8) is 0 Å². The molecule has 11 nitrogen and oxygen atoms in total. The predicted molar refractivity (Wildman–Crippen MR) is 140 cm³/mol. The van der Waals surface area contributed by atoms with E-state index in [9.17, 15) is 18.0 Å². The van der Waals surface area contributed by atoms with Crippen LogP contribution in [-0.2, 0) is 19.6 Å². The minimum absolute atomic E-state index is 0.0426. The van der Waals surface area contributed by atoms with E-state index >= 15 is 0 Å². The lowest BCUT2D eigenvalue weighted by Gasteiger charge is -2.09. The molecule has 0 aliphatic heterocycles. The topological polar surface area (TPSA) is 156 Å². The van der Waals surface area contributed by atoms with Crippen LogP contribution in [0.1, 0.15) is 10.4 Å². The third kappa shape index (κ3) is 5.65. The van der Waals surface area contributed by atoms with Crippen molar-refractivity contribution in [2.75, 3.05) is 16.6 Å². The molecule has 1 amide bonds. The monoisotopic (exact) mass is 528 g/mol. The van der Waals surface area contributed by atoms with Crippen molar-refractivity contribution >= 4 is 44.6 Å². The quantitative estimate of drug-likeness (QED) is 0.258. The van der Waals surface area contributed by atoms with E-state index in [1.54, 1.807) is 24.3 Å². The summed E-state index contributed by atoms with van der Waals surface area (Å²) in [5.74, 6) is -0.643. The predicted octanol–water partition coefficient (Wildman–Crippen LogP) is 3.62. The highest BCUT2D eigenvalue weighted by atomic mass is 32.2. The Kier molecular flexibility index (Phi) is 6.78. The third-order valence-corrected chi connectivity index (χ3v) is 6.68. The molecule has 0 fully saturated rings. The molecule has 38 heavy (non-hydrogen) atoms. The zero-order chi connectivity index (χ0) is 26.5. The van der Waals surface area contributed by atoms with E-state index in [2.05, 4.69) is 30.0 Å². The number of hydrogen-bond acceptors (Lipinski definition) is 8. The van der Waals surface area contributed by atoms with Crippen LogP contribution in [-0.4, -0.2) is 46.8 Å². The van der Waals surface area contributed by atoms with Crippen LogP contribution in [0.25, 0.3) is 22.4 Å². The summed E-state index contributed by atoms with van der Waals surface area (Å²) in [5, 5.41) is 2.56. The molecule has 3 aromatic carbocycles. The number of hydrogen-bond donors (Lipinski definition) is 3. The molecule has 0 atom stereocenters. The number of rotatable bonds is 8. The standard InChI is InChI=1S/C26H20N6O5S/c33-23(29-19-8-10-20(11-9-19)38(35,36)32-26-27-13-4-14-28-26)16-37-25(34)18-7-12-21-22(15-18)31-24(30-21)17-5-2-1-3-6-17/h1-15H,16H2,(H,29,33)(H,30,31)(H,27,28,32). The summed E-state index contributed by atoms with van der Waals surface area (Å²) in [5.41, 5.74) is 2.85. The molecule has 2 aromatic heterocycles. The maximum atomic E-state index is 12.5. The summed E-state index contributed by atoms with van der Waals surface area (Å²) < 4.78 is 32.3. The van der Waals surface area contributed by atoms with Crippen LogP contribution in [0.2, 0.25) is 0 Å². The molecule has 0 spiro atoms. The van der Waals surface area contributed by atoms with Crippen molar-refractivity contribution in [2.24, 2.45) is 0 Å². The number of H-pyrrole nitrogens is 1. The average Bonchev–Trinajstić information content (AvgIpc) is 3.36. The molecule has 0 saturated carbocycles. The lowest BCUT2D eigenvalue weighted by atomic mass is 10.2. The molecule has 5 rings (SSSR count). The Morgan fingerprint density at radius 3 is 2.37 bits per heavy atom. The third-order valence-electron chi connectivity index (χ3n) is 5.34. The van der Waals surface area contributed by atoms with Crippen molar-refractivity contribution in [3.05, 3.63) is 96.8 Å². The van der Waals surface area contributed by atoms with Crippen LogP contribution >= 0.6 is 0 Å². The van der Waals surface area contributed by atoms with E-state index in [0.29, 0.717) is 22.5 Å². The van der Waals surface area contributed by atoms with Crippen molar-refractivity contribution in [2.45, 2.75) is 4.90 Å². The number of amides is 1. The van der Waals surface area contributed by atoms with E-state index in [1.165, 1.54) is 36.7 Å². The van der Waals surface area contributed by atoms with Gasteiger partial charge in [0.05, 0.1) is 21.5 Å². The highest BCUT2D eigenvalue weighted by Gasteiger charge is 2.16. The molecule has 0 saturated heterocycles. The summed E-state index contributed by atoms with van der Waals surface area (Å²) in [7, 11) is -3.90. The normalized spacial score (nSPS) is 11.2. The number of ether oxygens (including phenoxy) is 1. The lowest BCUT2D eigenvalue weighted by Crippen LogP contribution is -2.21. The molecular weight excluding hydrogens is 508 g/mol. The second-order valence-electron chi connectivity index (χ2n) is 8.01. The molecule has 0 bridgehead atoms. The van der Waals surface area contributed by atoms with E-state index in [0.717, 1.165) is 5.56 Å². The number of nitrogens with one attached hydrogen (secondary N) is 3. The van der Waals surface area contributed by atoms with Gasteiger partial charge in [0.2, 0.25) is 5.95 Å². The molecule has 2 heterocycles. The summed E-state index contributed by atoms with van der Waals surface area (Å²) in [6.07, 6.45) is 2.82. The van der Waals surface area contributed by atoms with Gasteiger partial charge in [-0.2, -0.15) is 0 Å². The molecule has 0 aliphatic carbocycles. The summed E-state index contributed by atoms with van der Waals surface area (Å²) >= 11 is 0. The Hall–Kier alpha value is -5.10. The van der Waals surface area contributed by atoms with Gasteiger partial charge in [-0.25, -0.2) is 32.9 Å². The van der Waals surface area contributed by atoms with Crippen LogP contribution in [0.3, 0.4) is 0 Å². The Labute approximate surface area is 217 Å². The minimum Gasteiger partial charge on any atom is -0.452 e. The van der Waals surface area contributed by atoms with E-state index in [-0.39, 0.29) is 16.4 Å². The summed E-state index contributed by atoms with van der Waals surface area (Å²) in [4.78, 5) is 40.1. The zero-order valence-electron chi connectivity index (χ0n) is 19.7. The van der Waals surface area contributed by atoms with Crippen LogP contribution in [0.4, 0.5) is 11.6 Å². The highest BCUT2D eigenvalue weighted by Crippen LogP contribution is 2.21. The fourth-order valence-electron chi connectivity index (χ4n) is 3.53. The minimum atomic E-state index is -3.90. The first-order valence-corrected chi connectivity index (χ1v) is 12.8. The summed E-state index contributed by atoms with van der Waals surface area (Å²) in [6, 6.07) is 21.5. The number of nitrogens with zero attached hydrogens (tertiary/aromatic N) is 3. The second kappa shape index (κ2) is 10.5. The van der Waals surface area contributed by atoms with Gasteiger partial charge in [-0.15, -0.1) is 0 Å². The van der Waals surface area contributed by atoms with Crippen LogP contribution in [0.5, 0.6) is 0 Å². The first-order valence-electron chi connectivity index (χ1n) is 11.3. The molecule has 190 valence electrons. The average molecular weight is 529 g/mol. The molecule has 0 aliphatic rings. The Morgan fingerprint density at radius 1 is 0.895 bits per heavy atom. The molecule has 5 aromatic rings. The van der Waals surface area contributed by atoms with Crippen LogP contribution in [0, 0.1) is 0 Å². The number of carbonyl (C=O) groups excluding carboxylic acids is 2. The maximum Gasteiger partial charge on any atom is 0.338 e. The van der Waals surface area contributed by atoms with Gasteiger partial charge >= 0.3 is 5.97 Å². The zero-order valence-corrected chi connectivity index (χ0v) is 20.5. The number of carbonyl (C=O) groups is 2. The van der Waals surface area contributed by atoms with Gasteiger partial charge in [-0.05, 0) is 48.5 Å². The number of benzene rings is 3. The fraction of sp³-hybridized carbons (Fsp3) is 0.0385. The molecule has 0 radical (unpaired) electrons. The maximum absolute atomic E-state index is 12.5. The van der Waals surface area contributed by atoms with E-state index in [4.69, 9.17) is 4.74 Å². The highest BCUT2D eigenvalue weighted by molar-refractivity contribution is 7.92. The van der Waals surface area contributed by atoms with Crippen molar-refractivity contribution < 1.29 is 22.7 Å². The Morgan fingerprint density at radius 2 is 1.63 bits per heavy atom. The smallest absolute Gasteiger partial charge is 0.338 e. The fourth-order valence-corrected chi connectivity index (χ4v) is 4.49. The number of imidazole rings is 1. The van der Waals surface area contributed by atoms with Gasteiger partial charge in [0.1, 0.15) is 5.82 Å². The SMILES string of the molecule is O=C(COC(=O)c1ccc2nc(-c3ccccc3)[nH]c2c1)Nc1ccc(S(=O)(=O)Nc2ncccn2)cc1. The Bertz CT molecular complexity index is 1710. The molecule has 3 N–H and O–H groups in total. The number of esters is 1. The second-order valence-corrected chi connectivity index (χ2v) is 9.69. The van der Waals surface area contributed by atoms with E-state index in [1.807, 2.05) is 30.3 Å². The van der Waals surface area contributed by atoms with Gasteiger partial charge in [-0.3, -0.25) is 4.79 Å². The number of aromatic nitrogens is 4. The molecular formula is C26H20N6O5S. The first kappa shape index (κ1) is 24.6. The van der Waals surface area contributed by atoms with Gasteiger partial charge in [0, 0.05) is 23.6 Å². The first-order chi connectivity index (χ1) is 18.4. The van der Waals surface area contributed by atoms with Crippen molar-refractivity contribution in [1.82, 2.24) is 19.9 Å². The largest absolute Gasteiger partial charge is 0.452 e. The Balaban J connectivity index is 1.17. The van der Waals surface area contributed by atoms with Crippen molar-refractivity contribution in [3.8, 4) is 11.4 Å². The number of anilines is 2. The van der Waals surface area contributed by atoms with Gasteiger partial charge in [0.25, 0.3) is 15.9 Å². The lowest BCUT2D eigenvalue weighted by molar-refractivity contribution is -0.119. The molecule has 12 heteroatoms. The number of fused-ring (bicyclic) bond motifs is 1. The van der Waals surface area contributed by atoms with Crippen molar-refractivity contribution in [1.29, 1.82) is 0 Å². The van der Waals surface area contributed by atoms with Crippen LogP contribution < -0.4 is 10.0 Å². The number of sulfonamides is 1. The van der Waals surface area contributed by atoms with Crippen LogP contribution in [0.15, 0.2) is 96.2 Å².